The molecule has 2 aromatic rings. The van der Waals surface area contributed by atoms with Crippen LogP contribution in [-0.2, 0) is 41.8 Å². The average Bonchev–Trinajstić information content (AvgIpc) is 3.28. The summed E-state index contributed by atoms with van der Waals surface area (Å²) < 4.78 is 24.1. The summed E-state index contributed by atoms with van der Waals surface area (Å²) >= 11 is 0. The van der Waals surface area contributed by atoms with Crippen LogP contribution in [0.5, 0.6) is 0 Å². The van der Waals surface area contributed by atoms with Crippen molar-refractivity contribution >= 4 is 11.8 Å². The second-order valence-electron chi connectivity index (χ2n) is 9.12. The summed E-state index contributed by atoms with van der Waals surface area (Å²) in [6, 6.07) is 19.7. The van der Waals surface area contributed by atoms with E-state index in [1.807, 2.05) is 67.6 Å². The van der Waals surface area contributed by atoms with Gasteiger partial charge in [-0.05, 0) is 31.9 Å². The highest BCUT2D eigenvalue weighted by atomic mass is 16.6. The molecule has 7 nitrogen and oxygen atoms in total. The van der Waals surface area contributed by atoms with Crippen LogP contribution in [-0.4, -0.2) is 43.8 Å². The lowest BCUT2D eigenvalue weighted by molar-refractivity contribution is -0.138. The molecule has 0 aromatic heterocycles. The van der Waals surface area contributed by atoms with Crippen molar-refractivity contribution < 1.29 is 28.5 Å². The zero-order chi connectivity index (χ0) is 25.7. The van der Waals surface area contributed by atoms with Crippen molar-refractivity contribution in [1.29, 1.82) is 0 Å². The molecule has 4 atom stereocenters. The minimum absolute atomic E-state index is 0.141. The average molecular weight is 492 g/mol. The van der Waals surface area contributed by atoms with E-state index in [2.05, 4.69) is 5.32 Å². The van der Waals surface area contributed by atoms with Crippen molar-refractivity contribution in [3.63, 3.8) is 0 Å². The molecule has 36 heavy (non-hydrogen) atoms. The zero-order valence-electron chi connectivity index (χ0n) is 21.2. The van der Waals surface area contributed by atoms with Crippen LogP contribution in [0.2, 0.25) is 0 Å². The van der Waals surface area contributed by atoms with Gasteiger partial charge in [-0.3, -0.25) is 4.79 Å². The first-order valence-electron chi connectivity index (χ1n) is 12.1. The van der Waals surface area contributed by atoms with Crippen molar-refractivity contribution in [2.75, 3.05) is 13.7 Å². The molecule has 1 N–H and O–H groups in total. The summed E-state index contributed by atoms with van der Waals surface area (Å²) in [5, 5.41) is 3.17. The molecular formula is C29H33NO6. The molecule has 0 spiro atoms. The van der Waals surface area contributed by atoms with Gasteiger partial charge in [0, 0.05) is 17.0 Å². The predicted octanol–water partition coefficient (Wildman–Crippen LogP) is 4.09. The molecule has 2 aromatic carbocycles. The predicted molar refractivity (Wildman–Crippen MR) is 135 cm³/mol. The maximum atomic E-state index is 12.9. The molecule has 1 fully saturated rings. The van der Waals surface area contributed by atoms with Crippen LogP contribution in [0.15, 0.2) is 83.2 Å². The molecule has 0 radical (unpaired) electrons. The van der Waals surface area contributed by atoms with Gasteiger partial charge in [-0.15, -0.1) is 0 Å². The Morgan fingerprint density at radius 3 is 2.00 bits per heavy atom. The largest absolute Gasteiger partial charge is 0.466 e. The van der Waals surface area contributed by atoms with Gasteiger partial charge in [0.1, 0.15) is 12.2 Å². The molecule has 7 heteroatoms. The fourth-order valence-corrected chi connectivity index (χ4v) is 5.01. The van der Waals surface area contributed by atoms with E-state index in [1.165, 1.54) is 14.0 Å². The van der Waals surface area contributed by atoms with E-state index in [4.69, 9.17) is 18.9 Å². The molecule has 0 aliphatic carbocycles. The number of Topliss-reactive ketones (excluding diaryl/α,β-unsaturated/α-hetero) is 1. The molecule has 190 valence electrons. The van der Waals surface area contributed by atoms with Crippen molar-refractivity contribution in [3.05, 3.63) is 94.3 Å². The summed E-state index contributed by atoms with van der Waals surface area (Å²) in [4.78, 5) is 25.7. The van der Waals surface area contributed by atoms with Crippen LogP contribution in [0.1, 0.15) is 31.9 Å². The van der Waals surface area contributed by atoms with Crippen molar-refractivity contribution in [1.82, 2.24) is 5.32 Å². The maximum Gasteiger partial charge on any atom is 0.336 e. The van der Waals surface area contributed by atoms with Gasteiger partial charge in [-0.25, -0.2) is 4.79 Å². The molecule has 0 bridgehead atoms. The second-order valence-corrected chi connectivity index (χ2v) is 9.12. The van der Waals surface area contributed by atoms with E-state index in [1.54, 1.807) is 6.92 Å². The van der Waals surface area contributed by atoms with E-state index in [0.717, 1.165) is 11.1 Å². The Bertz CT molecular complexity index is 1140. The summed E-state index contributed by atoms with van der Waals surface area (Å²) in [7, 11) is 1.34. The Labute approximate surface area is 212 Å². The minimum Gasteiger partial charge on any atom is -0.466 e. The van der Waals surface area contributed by atoms with E-state index < -0.39 is 24.1 Å². The number of hydrogen-bond acceptors (Lipinski definition) is 7. The molecule has 0 amide bonds. The van der Waals surface area contributed by atoms with Crippen LogP contribution in [0.4, 0.5) is 0 Å². The van der Waals surface area contributed by atoms with Crippen LogP contribution < -0.4 is 5.32 Å². The highest BCUT2D eigenvalue weighted by molar-refractivity contribution is 6.00. The second kappa shape index (κ2) is 11.6. The van der Waals surface area contributed by atoms with Gasteiger partial charge >= 0.3 is 5.97 Å². The number of benzene rings is 2. The SMILES string of the molecule is COC(=O)C1=C(C)NC(C)=C(C(C)=O)[C@@H]1C1OC[C@H](OCc2ccccc2)[C@H]1OCc1ccccc1. The molecule has 2 heterocycles. The number of hydrogen-bond donors (Lipinski definition) is 1. The fraction of sp³-hybridized carbons (Fsp3) is 0.379. The van der Waals surface area contributed by atoms with E-state index in [-0.39, 0.29) is 18.5 Å². The molecule has 0 saturated carbocycles. The summed E-state index contributed by atoms with van der Waals surface area (Å²) in [6.45, 7) is 6.15. The van der Waals surface area contributed by atoms with E-state index in [0.29, 0.717) is 35.8 Å². The number of esters is 1. The fourth-order valence-electron chi connectivity index (χ4n) is 5.01. The molecule has 2 aliphatic rings. The van der Waals surface area contributed by atoms with Gasteiger partial charge in [-0.2, -0.15) is 0 Å². The Morgan fingerprint density at radius 1 is 0.889 bits per heavy atom. The number of carbonyl (C=O) groups is 2. The lowest BCUT2D eigenvalue weighted by atomic mass is 9.78. The Hall–Kier alpha value is -3.26. The zero-order valence-corrected chi connectivity index (χ0v) is 21.2. The van der Waals surface area contributed by atoms with Gasteiger partial charge in [0.05, 0.1) is 44.5 Å². The van der Waals surface area contributed by atoms with Crippen molar-refractivity contribution in [2.45, 2.75) is 52.3 Å². The van der Waals surface area contributed by atoms with Crippen molar-refractivity contribution in [2.24, 2.45) is 5.92 Å². The van der Waals surface area contributed by atoms with Crippen LogP contribution in [0.3, 0.4) is 0 Å². The highest BCUT2D eigenvalue weighted by Crippen LogP contribution is 2.40. The standard InChI is InChI=1S/C29H33NO6/c1-18-24(20(3)31)26(25(19(2)30-18)29(32)33-4)28-27(35-16-22-13-9-6-10-14-22)23(17-36-28)34-15-21-11-7-5-8-12-21/h5-14,23,26-28,30H,15-17H2,1-4H3/t23-,26-,27+,28?/m0/s1. The highest BCUT2D eigenvalue weighted by Gasteiger charge is 2.49. The number of nitrogens with one attached hydrogen (secondary N) is 1. The molecule has 1 unspecified atom stereocenters. The Kier molecular flexibility index (Phi) is 8.36. The van der Waals surface area contributed by atoms with Gasteiger partial charge in [0.25, 0.3) is 0 Å². The van der Waals surface area contributed by atoms with E-state index >= 15 is 0 Å². The number of allylic oxidation sites excluding steroid dienone is 2. The number of methoxy groups -OCH3 is 1. The normalized spacial score (nSPS) is 24.0. The number of dihydropyridines is 1. The lowest BCUT2D eigenvalue weighted by Gasteiger charge is -2.35. The minimum atomic E-state index is -0.651. The van der Waals surface area contributed by atoms with Crippen molar-refractivity contribution in [3.8, 4) is 0 Å². The van der Waals surface area contributed by atoms with Gasteiger partial charge in [-0.1, -0.05) is 60.7 Å². The molecule has 2 aliphatic heterocycles. The van der Waals surface area contributed by atoms with Gasteiger partial charge < -0.3 is 24.3 Å². The first kappa shape index (κ1) is 25.8. The monoisotopic (exact) mass is 491 g/mol. The number of rotatable bonds is 9. The third-order valence-corrected chi connectivity index (χ3v) is 6.65. The van der Waals surface area contributed by atoms with Gasteiger partial charge in [0.2, 0.25) is 0 Å². The third kappa shape index (κ3) is 5.59. The van der Waals surface area contributed by atoms with Gasteiger partial charge in [0.15, 0.2) is 5.78 Å². The molecular weight excluding hydrogens is 458 g/mol. The quantitative estimate of drug-likeness (QED) is 0.529. The van der Waals surface area contributed by atoms with Crippen LogP contribution in [0.25, 0.3) is 0 Å². The Balaban J connectivity index is 1.67. The van der Waals surface area contributed by atoms with E-state index in [9.17, 15) is 9.59 Å². The first-order chi connectivity index (χ1) is 17.4. The maximum absolute atomic E-state index is 12.9. The lowest BCUT2D eigenvalue weighted by Crippen LogP contribution is -2.45. The third-order valence-electron chi connectivity index (χ3n) is 6.65. The summed E-state index contributed by atoms with van der Waals surface area (Å²) in [5.74, 6) is -1.30. The topological polar surface area (TPSA) is 83.1 Å². The Morgan fingerprint density at radius 2 is 1.44 bits per heavy atom. The number of carbonyl (C=O) groups excluding carboxylic acids is 2. The molecule has 4 rings (SSSR count). The van der Waals surface area contributed by atoms with Crippen LogP contribution in [0, 0.1) is 5.92 Å². The molecule has 1 saturated heterocycles. The summed E-state index contributed by atoms with van der Waals surface area (Å²) in [5.41, 5.74) is 4.23. The first-order valence-corrected chi connectivity index (χ1v) is 12.1. The van der Waals surface area contributed by atoms with Crippen LogP contribution >= 0.6 is 0 Å². The smallest absolute Gasteiger partial charge is 0.336 e. The summed E-state index contributed by atoms with van der Waals surface area (Å²) in [6.07, 6.45) is -1.53. The number of ketones is 1. The number of ether oxygens (including phenoxy) is 4.